The molecule has 0 heterocycles. The predicted molar refractivity (Wildman–Crippen MR) is 90.9 cm³/mol. The van der Waals surface area contributed by atoms with Crippen LogP contribution >= 0.6 is 0 Å². The predicted octanol–water partition coefficient (Wildman–Crippen LogP) is 1.51. The minimum absolute atomic E-state index is 0.423. The van der Waals surface area contributed by atoms with Crippen molar-refractivity contribution >= 4 is 27.3 Å². The number of carbonyl (C=O) groups excluding carboxylic acids is 2. The van der Waals surface area contributed by atoms with E-state index in [-0.39, 0.29) is 0 Å². The Labute approximate surface area is 137 Å². The number of aryl methyl sites for hydroxylation is 1. The molecule has 6 nitrogen and oxygen atoms in total. The Morgan fingerprint density at radius 1 is 1.04 bits per heavy atom. The van der Waals surface area contributed by atoms with Gasteiger partial charge >= 0.3 is 0 Å². The Kier molecular flexibility index (Phi) is 7.22. The van der Waals surface area contributed by atoms with Crippen molar-refractivity contribution in [3.63, 3.8) is 0 Å². The van der Waals surface area contributed by atoms with Crippen molar-refractivity contribution in [3.05, 3.63) is 29.8 Å². The van der Waals surface area contributed by atoms with Crippen LogP contribution < -0.4 is 10.6 Å². The van der Waals surface area contributed by atoms with E-state index in [4.69, 9.17) is 0 Å². The van der Waals surface area contributed by atoms with Gasteiger partial charge in [-0.25, -0.2) is 8.42 Å². The highest BCUT2D eigenvalue weighted by Gasteiger charge is 2.20. The highest BCUT2D eigenvalue weighted by Crippen LogP contribution is 2.08. The molecule has 0 aromatic heterocycles. The number of hydrogen-bond acceptors (Lipinski definition) is 4. The number of benzene rings is 1. The van der Waals surface area contributed by atoms with Crippen molar-refractivity contribution in [1.29, 1.82) is 0 Å². The molecule has 23 heavy (non-hydrogen) atoms. The summed E-state index contributed by atoms with van der Waals surface area (Å²) >= 11 is 0. The number of rotatable bonds is 8. The maximum Gasteiger partial charge on any atom is 0.239 e. The normalized spacial score (nSPS) is 11.3. The van der Waals surface area contributed by atoms with Gasteiger partial charge in [-0.3, -0.25) is 9.59 Å². The lowest BCUT2D eigenvalue weighted by molar-refractivity contribution is -0.118. The Balaban J connectivity index is 2.45. The fourth-order valence-electron chi connectivity index (χ4n) is 1.84. The average Bonchev–Trinajstić information content (AvgIpc) is 2.39. The molecule has 0 unspecified atom stereocenters. The zero-order chi connectivity index (χ0) is 17.5. The Morgan fingerprint density at radius 3 is 2.17 bits per heavy atom. The molecule has 2 amide bonds. The average molecular weight is 340 g/mol. The molecule has 0 spiro atoms. The van der Waals surface area contributed by atoms with Crippen LogP contribution in [0.3, 0.4) is 0 Å². The van der Waals surface area contributed by atoms with Crippen molar-refractivity contribution in [2.45, 2.75) is 27.2 Å². The monoisotopic (exact) mass is 340 g/mol. The van der Waals surface area contributed by atoms with Gasteiger partial charge in [-0.05, 0) is 31.4 Å². The molecular formula is C16H24N2O4S. The summed E-state index contributed by atoms with van der Waals surface area (Å²) in [4.78, 5) is 23.4. The summed E-state index contributed by atoms with van der Waals surface area (Å²) in [5, 5.41) is 5.06. The first-order valence-corrected chi connectivity index (χ1v) is 9.34. The van der Waals surface area contributed by atoms with Gasteiger partial charge in [0.25, 0.3) is 0 Å². The molecule has 0 saturated heterocycles. The van der Waals surface area contributed by atoms with E-state index in [1.54, 1.807) is 12.1 Å². The maximum absolute atomic E-state index is 11.9. The molecule has 1 rings (SSSR count). The third-order valence-electron chi connectivity index (χ3n) is 3.08. The van der Waals surface area contributed by atoms with Gasteiger partial charge in [0.05, 0.1) is 0 Å². The van der Waals surface area contributed by atoms with Gasteiger partial charge in [0.15, 0.2) is 9.84 Å². The highest BCUT2D eigenvalue weighted by atomic mass is 32.2. The second kappa shape index (κ2) is 8.67. The van der Waals surface area contributed by atoms with E-state index in [9.17, 15) is 18.0 Å². The first-order valence-electron chi connectivity index (χ1n) is 7.51. The zero-order valence-electron chi connectivity index (χ0n) is 13.8. The summed E-state index contributed by atoms with van der Waals surface area (Å²) < 4.78 is 23.7. The molecule has 0 aliphatic heterocycles. The molecule has 1 aromatic rings. The van der Waals surface area contributed by atoms with Crippen molar-refractivity contribution in [3.8, 4) is 0 Å². The second-order valence-corrected chi connectivity index (χ2v) is 8.04. The molecule has 0 bridgehead atoms. The molecular weight excluding hydrogens is 316 g/mol. The maximum atomic E-state index is 11.9. The van der Waals surface area contributed by atoms with Crippen LogP contribution in [-0.2, 0) is 19.4 Å². The molecule has 0 aliphatic carbocycles. The number of anilines is 1. The van der Waals surface area contributed by atoms with Gasteiger partial charge in [0.2, 0.25) is 11.8 Å². The molecule has 7 heteroatoms. The summed E-state index contributed by atoms with van der Waals surface area (Å²) in [6.07, 6.45) is 0.777. The van der Waals surface area contributed by atoms with Gasteiger partial charge in [-0.2, -0.15) is 0 Å². The number of carbonyl (C=O) groups is 2. The van der Waals surface area contributed by atoms with E-state index in [1.165, 1.54) is 0 Å². The standard InChI is InChI=1S/C16H24N2O4S/c1-12(2)8-9-17-15(19)10-23(21,22)11-16(20)18-14-6-4-13(3)5-7-14/h4-7,12H,8-11H2,1-3H3,(H,17,19)(H,18,20). The molecule has 2 N–H and O–H groups in total. The van der Waals surface area contributed by atoms with E-state index in [0.29, 0.717) is 18.2 Å². The summed E-state index contributed by atoms with van der Waals surface area (Å²) in [7, 11) is -3.78. The van der Waals surface area contributed by atoms with Crippen LogP contribution in [0.25, 0.3) is 0 Å². The van der Waals surface area contributed by atoms with E-state index in [2.05, 4.69) is 10.6 Å². The van der Waals surface area contributed by atoms with Crippen LogP contribution in [0.4, 0.5) is 5.69 Å². The largest absolute Gasteiger partial charge is 0.355 e. The fourth-order valence-corrected chi connectivity index (χ4v) is 2.91. The van der Waals surface area contributed by atoms with Crippen molar-refractivity contribution in [1.82, 2.24) is 5.32 Å². The van der Waals surface area contributed by atoms with Crippen LogP contribution in [0.5, 0.6) is 0 Å². The molecule has 0 atom stereocenters. The molecule has 0 fully saturated rings. The Hall–Kier alpha value is -1.89. The lowest BCUT2D eigenvalue weighted by Gasteiger charge is -2.08. The number of nitrogens with one attached hydrogen (secondary N) is 2. The molecule has 0 aliphatic rings. The summed E-state index contributed by atoms with van der Waals surface area (Å²) in [5.74, 6) is -2.19. The van der Waals surface area contributed by atoms with Crippen LogP contribution in [-0.4, -0.2) is 38.3 Å². The van der Waals surface area contributed by atoms with Crippen LogP contribution in [0.1, 0.15) is 25.8 Å². The number of amides is 2. The lowest BCUT2D eigenvalue weighted by Crippen LogP contribution is -2.34. The molecule has 128 valence electrons. The van der Waals surface area contributed by atoms with E-state index in [0.717, 1.165) is 12.0 Å². The summed E-state index contributed by atoms with van der Waals surface area (Å²) in [6.45, 7) is 6.37. The molecule has 1 aromatic carbocycles. The van der Waals surface area contributed by atoms with E-state index < -0.39 is 33.2 Å². The molecule has 0 radical (unpaired) electrons. The van der Waals surface area contributed by atoms with Crippen molar-refractivity contribution in [2.75, 3.05) is 23.4 Å². The zero-order valence-corrected chi connectivity index (χ0v) is 14.6. The third kappa shape index (κ3) is 8.35. The van der Waals surface area contributed by atoms with Gasteiger partial charge in [-0.15, -0.1) is 0 Å². The lowest BCUT2D eigenvalue weighted by atomic mass is 10.1. The van der Waals surface area contributed by atoms with Crippen LogP contribution in [0.15, 0.2) is 24.3 Å². The fraction of sp³-hybridized carbons (Fsp3) is 0.500. The number of hydrogen-bond donors (Lipinski definition) is 2. The van der Waals surface area contributed by atoms with Gasteiger partial charge in [0, 0.05) is 12.2 Å². The van der Waals surface area contributed by atoms with Gasteiger partial charge < -0.3 is 10.6 Å². The Bertz CT molecular complexity index is 637. The van der Waals surface area contributed by atoms with Gasteiger partial charge in [0.1, 0.15) is 11.5 Å². The smallest absolute Gasteiger partial charge is 0.239 e. The first-order chi connectivity index (χ1) is 10.7. The number of sulfone groups is 1. The topological polar surface area (TPSA) is 92.3 Å². The van der Waals surface area contributed by atoms with E-state index >= 15 is 0 Å². The van der Waals surface area contributed by atoms with Crippen molar-refractivity contribution in [2.24, 2.45) is 5.92 Å². The highest BCUT2D eigenvalue weighted by molar-refractivity contribution is 7.92. The minimum Gasteiger partial charge on any atom is -0.355 e. The molecule has 0 saturated carbocycles. The minimum atomic E-state index is -3.78. The second-order valence-electron chi connectivity index (χ2n) is 5.98. The first kappa shape index (κ1) is 19.2. The summed E-state index contributed by atoms with van der Waals surface area (Å²) in [5.41, 5.74) is 1.56. The summed E-state index contributed by atoms with van der Waals surface area (Å²) in [6, 6.07) is 7.01. The SMILES string of the molecule is Cc1ccc(NC(=O)CS(=O)(=O)CC(=O)NCCC(C)C)cc1. The van der Waals surface area contributed by atoms with Gasteiger partial charge in [-0.1, -0.05) is 31.5 Å². The van der Waals surface area contributed by atoms with Crippen LogP contribution in [0.2, 0.25) is 0 Å². The Morgan fingerprint density at radius 2 is 1.61 bits per heavy atom. The van der Waals surface area contributed by atoms with Crippen molar-refractivity contribution < 1.29 is 18.0 Å². The third-order valence-corrected chi connectivity index (χ3v) is 4.49. The van der Waals surface area contributed by atoms with Crippen LogP contribution in [0, 0.1) is 12.8 Å². The van der Waals surface area contributed by atoms with E-state index in [1.807, 2.05) is 32.9 Å². The quantitative estimate of drug-likeness (QED) is 0.750.